The van der Waals surface area contributed by atoms with E-state index >= 15 is 0 Å². The van der Waals surface area contributed by atoms with Crippen molar-refractivity contribution in [3.8, 4) is 5.75 Å². The monoisotopic (exact) mass is 542 g/mol. The third kappa shape index (κ3) is 3.48. The number of methoxy groups -OCH3 is 1. The molecule has 7 heteroatoms. The van der Waals surface area contributed by atoms with Gasteiger partial charge in [-0.25, -0.2) is 0 Å². The number of benzene rings is 4. The van der Waals surface area contributed by atoms with Crippen LogP contribution in [0.25, 0.3) is 11.0 Å². The zero-order valence-corrected chi connectivity index (χ0v) is 22.6. The van der Waals surface area contributed by atoms with Gasteiger partial charge in [-0.2, -0.15) is 0 Å². The van der Waals surface area contributed by atoms with Crippen molar-refractivity contribution in [1.82, 2.24) is 4.90 Å². The maximum Gasteiger partial charge on any atom is 0.291 e. The molecule has 1 aromatic heterocycles. The standard InChI is InChI=1S/C34H26N2O5/c1-21-9-3-4-10-23(21)20-35-27-13-7-6-12-26(27)34(33(35)39)29-30(37)25-11-5-8-14-28(25)41-31(29)32(38)36(34)19-22-15-17-24(40-2)18-16-22/h3-18H,19-20H2,1-2H3. The van der Waals surface area contributed by atoms with E-state index in [0.717, 1.165) is 16.7 Å². The number of rotatable bonds is 5. The second kappa shape index (κ2) is 9.20. The number of amides is 2. The average molecular weight is 543 g/mol. The number of para-hydroxylation sites is 2. The van der Waals surface area contributed by atoms with Crippen molar-refractivity contribution < 1.29 is 18.7 Å². The van der Waals surface area contributed by atoms with Gasteiger partial charge in [0.2, 0.25) is 5.76 Å². The smallest absolute Gasteiger partial charge is 0.291 e. The Morgan fingerprint density at radius 1 is 0.805 bits per heavy atom. The third-order valence-electron chi connectivity index (χ3n) is 8.23. The van der Waals surface area contributed by atoms with Crippen molar-refractivity contribution in [2.75, 3.05) is 12.0 Å². The maximum atomic E-state index is 14.9. The summed E-state index contributed by atoms with van der Waals surface area (Å²) in [7, 11) is 1.59. The summed E-state index contributed by atoms with van der Waals surface area (Å²) in [4.78, 5) is 46.6. The molecule has 7 rings (SSSR count). The van der Waals surface area contributed by atoms with Gasteiger partial charge in [0, 0.05) is 12.1 Å². The number of carbonyl (C=O) groups is 2. The lowest BCUT2D eigenvalue weighted by Gasteiger charge is -2.34. The van der Waals surface area contributed by atoms with Gasteiger partial charge in [-0.05, 0) is 53.9 Å². The van der Waals surface area contributed by atoms with Crippen molar-refractivity contribution in [3.63, 3.8) is 0 Å². The molecule has 7 nitrogen and oxygen atoms in total. The number of anilines is 1. The van der Waals surface area contributed by atoms with E-state index in [0.29, 0.717) is 34.5 Å². The molecule has 1 atom stereocenters. The molecule has 1 unspecified atom stereocenters. The first kappa shape index (κ1) is 24.8. The summed E-state index contributed by atoms with van der Waals surface area (Å²) in [6, 6.07) is 29.5. The van der Waals surface area contributed by atoms with Gasteiger partial charge >= 0.3 is 0 Å². The molecule has 3 heterocycles. The summed E-state index contributed by atoms with van der Waals surface area (Å²) in [5.41, 5.74) is 2.36. The minimum Gasteiger partial charge on any atom is -0.497 e. The highest BCUT2D eigenvalue weighted by Crippen LogP contribution is 2.53. The van der Waals surface area contributed by atoms with Crippen molar-refractivity contribution >= 4 is 28.5 Å². The van der Waals surface area contributed by atoms with Crippen LogP contribution in [0.1, 0.15) is 38.4 Å². The molecule has 1 spiro atoms. The van der Waals surface area contributed by atoms with Gasteiger partial charge in [-0.1, -0.05) is 66.7 Å². The number of fused-ring (bicyclic) bond motifs is 5. The first-order chi connectivity index (χ1) is 19.9. The fourth-order valence-corrected chi connectivity index (χ4v) is 6.19. The van der Waals surface area contributed by atoms with Gasteiger partial charge in [0.25, 0.3) is 11.8 Å². The fraction of sp³-hybridized carbons (Fsp3) is 0.147. The largest absolute Gasteiger partial charge is 0.497 e. The molecule has 0 fully saturated rings. The van der Waals surface area contributed by atoms with Crippen molar-refractivity contribution in [1.29, 1.82) is 0 Å². The van der Waals surface area contributed by atoms with E-state index in [9.17, 15) is 14.4 Å². The zero-order valence-electron chi connectivity index (χ0n) is 22.6. The molecular formula is C34H26N2O5. The van der Waals surface area contributed by atoms with Gasteiger partial charge in [0.15, 0.2) is 11.0 Å². The maximum absolute atomic E-state index is 14.9. The lowest BCUT2D eigenvalue weighted by Crippen LogP contribution is -2.52. The molecule has 0 saturated carbocycles. The lowest BCUT2D eigenvalue weighted by atomic mass is 9.83. The molecule has 2 amide bonds. The topological polar surface area (TPSA) is 80.1 Å². The van der Waals surface area contributed by atoms with Gasteiger partial charge in [0.05, 0.1) is 30.3 Å². The molecule has 41 heavy (non-hydrogen) atoms. The Kier molecular flexibility index (Phi) is 5.57. The number of hydrogen-bond acceptors (Lipinski definition) is 5. The predicted molar refractivity (Wildman–Crippen MR) is 155 cm³/mol. The number of aryl methyl sites for hydroxylation is 1. The SMILES string of the molecule is COc1ccc(CN2C(=O)c3oc4ccccc4c(=O)c3C23C(=O)N(Cc2ccccc2C)c2ccccc23)cc1. The van der Waals surface area contributed by atoms with E-state index in [2.05, 4.69) is 0 Å². The predicted octanol–water partition coefficient (Wildman–Crippen LogP) is 5.56. The van der Waals surface area contributed by atoms with E-state index in [-0.39, 0.29) is 29.2 Å². The van der Waals surface area contributed by atoms with E-state index in [1.54, 1.807) is 36.3 Å². The Labute approximate surface area is 236 Å². The van der Waals surface area contributed by atoms with Crippen LogP contribution in [0.3, 0.4) is 0 Å². The Balaban J connectivity index is 1.49. The van der Waals surface area contributed by atoms with E-state index < -0.39 is 11.4 Å². The number of hydrogen-bond donors (Lipinski definition) is 0. The summed E-state index contributed by atoms with van der Waals surface area (Å²) in [6.07, 6.45) is 0. The Hall–Kier alpha value is -5.17. The summed E-state index contributed by atoms with van der Waals surface area (Å²) >= 11 is 0. The summed E-state index contributed by atoms with van der Waals surface area (Å²) < 4.78 is 11.5. The lowest BCUT2D eigenvalue weighted by molar-refractivity contribution is -0.126. The van der Waals surface area contributed by atoms with Gasteiger partial charge < -0.3 is 19.0 Å². The Morgan fingerprint density at radius 2 is 1.51 bits per heavy atom. The third-order valence-corrected chi connectivity index (χ3v) is 8.23. The van der Waals surface area contributed by atoms with E-state index in [1.165, 1.54) is 4.90 Å². The summed E-state index contributed by atoms with van der Waals surface area (Å²) in [6.45, 7) is 2.38. The molecule has 2 aliphatic rings. The van der Waals surface area contributed by atoms with Crippen LogP contribution >= 0.6 is 0 Å². The normalized spacial score (nSPS) is 17.4. The molecule has 0 bridgehead atoms. The molecule has 0 radical (unpaired) electrons. The molecule has 0 aliphatic carbocycles. The minimum absolute atomic E-state index is 0.0689. The number of ether oxygens (including phenoxy) is 1. The second-order valence-corrected chi connectivity index (χ2v) is 10.4. The summed E-state index contributed by atoms with van der Waals surface area (Å²) in [5.74, 6) is -0.276. The van der Waals surface area contributed by atoms with Crippen LogP contribution < -0.4 is 15.1 Å². The van der Waals surface area contributed by atoms with Crippen LogP contribution in [-0.4, -0.2) is 23.8 Å². The van der Waals surface area contributed by atoms with Gasteiger partial charge in [-0.3, -0.25) is 14.4 Å². The van der Waals surface area contributed by atoms with Crippen LogP contribution in [-0.2, 0) is 23.4 Å². The van der Waals surface area contributed by atoms with Crippen molar-refractivity contribution in [2.45, 2.75) is 25.6 Å². The molecule has 0 saturated heterocycles. The van der Waals surface area contributed by atoms with Gasteiger partial charge in [0.1, 0.15) is 11.3 Å². The molecule has 2 aliphatic heterocycles. The number of nitrogens with zero attached hydrogens (tertiary/aromatic N) is 2. The summed E-state index contributed by atoms with van der Waals surface area (Å²) in [5, 5.41) is 0.326. The second-order valence-electron chi connectivity index (χ2n) is 10.4. The first-order valence-corrected chi connectivity index (χ1v) is 13.4. The first-order valence-electron chi connectivity index (χ1n) is 13.4. The highest BCUT2D eigenvalue weighted by atomic mass is 16.5. The fourth-order valence-electron chi connectivity index (χ4n) is 6.19. The van der Waals surface area contributed by atoms with Crippen LogP contribution in [0.2, 0.25) is 0 Å². The minimum atomic E-state index is -1.68. The van der Waals surface area contributed by atoms with Crippen LogP contribution in [0.4, 0.5) is 5.69 Å². The van der Waals surface area contributed by atoms with Gasteiger partial charge in [-0.15, -0.1) is 0 Å². The van der Waals surface area contributed by atoms with E-state index in [1.807, 2.05) is 79.7 Å². The number of carbonyl (C=O) groups excluding carboxylic acids is 2. The van der Waals surface area contributed by atoms with E-state index in [4.69, 9.17) is 9.15 Å². The van der Waals surface area contributed by atoms with Crippen molar-refractivity contribution in [3.05, 3.63) is 141 Å². The zero-order chi connectivity index (χ0) is 28.3. The Morgan fingerprint density at radius 3 is 2.29 bits per heavy atom. The Bertz CT molecular complexity index is 1930. The molecule has 202 valence electrons. The van der Waals surface area contributed by atoms with Crippen molar-refractivity contribution in [2.24, 2.45) is 0 Å². The molecule has 0 N–H and O–H groups in total. The molecular weight excluding hydrogens is 516 g/mol. The van der Waals surface area contributed by atoms with Crippen LogP contribution in [0.5, 0.6) is 5.75 Å². The quantitative estimate of drug-likeness (QED) is 0.291. The highest BCUT2D eigenvalue weighted by molar-refractivity contribution is 6.17. The van der Waals surface area contributed by atoms with Crippen LogP contribution in [0, 0.1) is 6.92 Å². The molecule has 4 aromatic carbocycles. The molecule has 5 aromatic rings. The highest BCUT2D eigenvalue weighted by Gasteiger charge is 2.65. The van der Waals surface area contributed by atoms with Crippen LogP contribution in [0.15, 0.2) is 106 Å². The average Bonchev–Trinajstić information content (AvgIpc) is 3.39.